The minimum Gasteiger partial charge on any atom is -0.475 e. The molecule has 17 heavy (non-hydrogen) atoms. The smallest absolute Gasteiger partial charge is 0.371 e. The van der Waals surface area contributed by atoms with Crippen molar-refractivity contribution in [2.45, 2.75) is 0 Å². The number of carbonyl (C=O) groups excluding carboxylic acids is 1. The average molecular weight is 234 g/mol. The van der Waals surface area contributed by atoms with Crippen molar-refractivity contribution < 1.29 is 19.1 Å². The van der Waals surface area contributed by atoms with Crippen molar-refractivity contribution in [2.75, 3.05) is 5.32 Å². The van der Waals surface area contributed by atoms with Crippen LogP contribution in [-0.2, 0) is 0 Å². The summed E-state index contributed by atoms with van der Waals surface area (Å²) in [5.74, 6) is -2.35. The Morgan fingerprint density at radius 2 is 2.00 bits per heavy atom. The van der Waals surface area contributed by atoms with E-state index in [-0.39, 0.29) is 17.5 Å². The Morgan fingerprint density at radius 3 is 2.59 bits per heavy atom. The zero-order valence-electron chi connectivity index (χ0n) is 8.32. The molecule has 1 amide bonds. The molecular weight excluding hydrogens is 228 g/mol. The monoisotopic (exact) mass is 234 g/mol. The van der Waals surface area contributed by atoms with E-state index in [0.29, 0.717) is 0 Å². The predicted octanol–water partition coefficient (Wildman–Crippen LogP) is 0.415. The van der Waals surface area contributed by atoms with Gasteiger partial charge in [0.2, 0.25) is 11.7 Å². The van der Waals surface area contributed by atoms with Crippen molar-refractivity contribution in [3.63, 3.8) is 0 Å². The Morgan fingerprint density at radius 1 is 1.24 bits per heavy atom. The Hall–Kier alpha value is -2.77. The van der Waals surface area contributed by atoms with Crippen LogP contribution in [0.5, 0.6) is 0 Å². The summed E-state index contributed by atoms with van der Waals surface area (Å²) in [6.07, 6.45) is 2.71. The van der Waals surface area contributed by atoms with Crippen LogP contribution in [0.3, 0.4) is 0 Å². The lowest BCUT2D eigenvalue weighted by Crippen LogP contribution is -2.13. The molecule has 0 saturated heterocycles. The number of nitrogens with one attached hydrogen (secondary N) is 1. The highest BCUT2D eigenvalue weighted by atomic mass is 16.4. The van der Waals surface area contributed by atoms with Gasteiger partial charge >= 0.3 is 5.97 Å². The number of carbonyl (C=O) groups is 2. The van der Waals surface area contributed by atoms with E-state index in [2.05, 4.69) is 20.5 Å². The van der Waals surface area contributed by atoms with Gasteiger partial charge in [0.1, 0.15) is 0 Å². The summed E-state index contributed by atoms with van der Waals surface area (Å²) in [6, 6.07) is 2.43. The number of hydrogen-bond acceptors (Lipinski definition) is 6. The lowest BCUT2D eigenvalue weighted by molar-refractivity contribution is 0.0660. The highest BCUT2D eigenvalue weighted by Crippen LogP contribution is 2.09. The Bertz CT molecular complexity index is 551. The molecule has 0 saturated carbocycles. The molecule has 0 fully saturated rings. The second kappa shape index (κ2) is 4.39. The maximum Gasteiger partial charge on any atom is 0.371 e. The summed E-state index contributed by atoms with van der Waals surface area (Å²) in [5.41, 5.74) is 0. The molecular formula is C9H6N4O4. The lowest BCUT2D eigenvalue weighted by Gasteiger charge is -1.98. The van der Waals surface area contributed by atoms with Crippen LogP contribution >= 0.6 is 0 Å². The predicted molar refractivity (Wildman–Crippen MR) is 53.4 cm³/mol. The molecule has 0 atom stereocenters. The summed E-state index contributed by atoms with van der Waals surface area (Å²) in [6.45, 7) is 0. The maximum absolute atomic E-state index is 11.5. The molecule has 2 aromatic heterocycles. The van der Waals surface area contributed by atoms with Gasteiger partial charge < -0.3 is 9.52 Å². The highest BCUT2D eigenvalue weighted by molar-refractivity contribution is 6.01. The van der Waals surface area contributed by atoms with Crippen LogP contribution in [0.2, 0.25) is 0 Å². The van der Waals surface area contributed by atoms with Crippen LogP contribution in [0, 0.1) is 0 Å². The van der Waals surface area contributed by atoms with E-state index in [1.807, 2.05) is 0 Å². The summed E-state index contributed by atoms with van der Waals surface area (Å²) in [4.78, 5) is 25.8. The molecule has 0 aliphatic heterocycles. The first-order chi connectivity index (χ1) is 8.16. The Kier molecular flexibility index (Phi) is 2.77. The van der Waals surface area contributed by atoms with Crippen LogP contribution in [0.25, 0.3) is 0 Å². The molecule has 8 nitrogen and oxygen atoms in total. The largest absolute Gasteiger partial charge is 0.475 e. The number of aromatic carboxylic acids is 1. The van der Waals surface area contributed by atoms with Gasteiger partial charge in [0.25, 0.3) is 5.91 Å². The number of nitrogens with zero attached hydrogens (tertiary/aromatic N) is 3. The van der Waals surface area contributed by atoms with Crippen LogP contribution < -0.4 is 5.32 Å². The summed E-state index contributed by atoms with van der Waals surface area (Å²) >= 11 is 0. The summed E-state index contributed by atoms with van der Waals surface area (Å²) < 4.78 is 4.79. The molecule has 0 spiro atoms. The van der Waals surface area contributed by atoms with E-state index < -0.39 is 11.9 Å². The van der Waals surface area contributed by atoms with Gasteiger partial charge in [-0.15, -0.1) is 5.10 Å². The molecule has 8 heteroatoms. The van der Waals surface area contributed by atoms with E-state index in [1.54, 1.807) is 0 Å². The molecule has 0 aliphatic rings. The van der Waals surface area contributed by atoms with Crippen molar-refractivity contribution in [1.29, 1.82) is 0 Å². The van der Waals surface area contributed by atoms with Crippen molar-refractivity contribution in [3.8, 4) is 0 Å². The van der Waals surface area contributed by atoms with E-state index >= 15 is 0 Å². The van der Waals surface area contributed by atoms with Crippen molar-refractivity contribution in [2.24, 2.45) is 0 Å². The topological polar surface area (TPSA) is 118 Å². The third kappa shape index (κ3) is 2.43. The molecule has 0 aromatic carbocycles. The Labute approximate surface area is 94.3 Å². The number of furan rings is 1. The molecule has 2 N–H and O–H groups in total. The average Bonchev–Trinajstić information content (AvgIpc) is 2.79. The van der Waals surface area contributed by atoms with E-state index in [4.69, 9.17) is 9.52 Å². The van der Waals surface area contributed by atoms with Gasteiger partial charge in [-0.1, -0.05) is 0 Å². The Balaban J connectivity index is 2.12. The van der Waals surface area contributed by atoms with Crippen molar-refractivity contribution >= 4 is 17.8 Å². The van der Waals surface area contributed by atoms with Gasteiger partial charge in [-0.3, -0.25) is 10.1 Å². The quantitative estimate of drug-likeness (QED) is 0.789. The minimum atomic E-state index is -1.25. The molecule has 86 valence electrons. The number of carboxylic acid groups (broad SMARTS) is 1. The fourth-order valence-electron chi connectivity index (χ4n) is 1.04. The van der Waals surface area contributed by atoms with Crippen LogP contribution in [0.1, 0.15) is 21.1 Å². The SMILES string of the molecule is O=C(O)c1ccc(C(=O)Nc2nccnn2)o1. The molecule has 0 unspecified atom stereocenters. The zero-order chi connectivity index (χ0) is 12.3. The standard InChI is InChI=1S/C9H6N4O4/c14-7(12-9-10-3-4-11-13-9)5-1-2-6(17-5)8(15)16/h1-4H,(H,15,16)(H,10,12,13,14). The zero-order valence-corrected chi connectivity index (χ0v) is 8.32. The summed E-state index contributed by atoms with van der Waals surface area (Å²) in [7, 11) is 0. The third-order valence-electron chi connectivity index (χ3n) is 1.75. The summed E-state index contributed by atoms with van der Waals surface area (Å²) in [5, 5.41) is 18.0. The molecule has 2 heterocycles. The van der Waals surface area contributed by atoms with Gasteiger partial charge in [-0.05, 0) is 12.1 Å². The minimum absolute atomic E-state index is 0.00535. The van der Waals surface area contributed by atoms with Crippen LogP contribution in [-0.4, -0.2) is 32.2 Å². The molecule has 2 rings (SSSR count). The first kappa shape index (κ1) is 10.7. The highest BCUT2D eigenvalue weighted by Gasteiger charge is 2.15. The van der Waals surface area contributed by atoms with Gasteiger partial charge in [0, 0.05) is 0 Å². The number of anilines is 1. The lowest BCUT2D eigenvalue weighted by atomic mass is 10.4. The van der Waals surface area contributed by atoms with E-state index in [9.17, 15) is 9.59 Å². The van der Waals surface area contributed by atoms with Gasteiger partial charge in [-0.2, -0.15) is 5.10 Å². The number of hydrogen-bond donors (Lipinski definition) is 2. The molecule has 0 radical (unpaired) electrons. The molecule has 0 aliphatic carbocycles. The van der Waals surface area contributed by atoms with Crippen molar-refractivity contribution in [3.05, 3.63) is 36.0 Å². The normalized spacial score (nSPS) is 9.88. The first-order valence-corrected chi connectivity index (χ1v) is 4.45. The first-order valence-electron chi connectivity index (χ1n) is 4.45. The van der Waals surface area contributed by atoms with Crippen molar-refractivity contribution in [1.82, 2.24) is 15.2 Å². The van der Waals surface area contributed by atoms with Crippen LogP contribution in [0.15, 0.2) is 28.9 Å². The number of aromatic nitrogens is 3. The fourth-order valence-corrected chi connectivity index (χ4v) is 1.04. The van der Waals surface area contributed by atoms with Crippen LogP contribution in [0.4, 0.5) is 5.95 Å². The van der Waals surface area contributed by atoms with E-state index in [1.165, 1.54) is 24.5 Å². The van der Waals surface area contributed by atoms with Gasteiger partial charge in [0.05, 0.1) is 12.4 Å². The molecule has 2 aromatic rings. The number of rotatable bonds is 3. The van der Waals surface area contributed by atoms with E-state index in [0.717, 1.165) is 0 Å². The third-order valence-corrected chi connectivity index (χ3v) is 1.75. The number of amides is 1. The maximum atomic E-state index is 11.5. The second-order valence-electron chi connectivity index (χ2n) is 2.89. The number of carboxylic acids is 1. The van der Waals surface area contributed by atoms with Gasteiger partial charge in [0.15, 0.2) is 5.76 Å². The fraction of sp³-hybridized carbons (Fsp3) is 0. The molecule has 0 bridgehead atoms. The second-order valence-corrected chi connectivity index (χ2v) is 2.89. The van der Waals surface area contributed by atoms with Gasteiger partial charge in [-0.25, -0.2) is 9.78 Å².